The van der Waals surface area contributed by atoms with E-state index in [0.29, 0.717) is 0 Å². The Morgan fingerprint density at radius 3 is 1.00 bits per heavy atom. The summed E-state index contributed by atoms with van der Waals surface area (Å²) in [6.45, 7) is 6.27. The summed E-state index contributed by atoms with van der Waals surface area (Å²) in [4.78, 5) is 46.7. The summed E-state index contributed by atoms with van der Waals surface area (Å²) in [5, 5.41) is 0. The largest absolute Gasteiger partial charge is 0.275 e. The first-order valence-corrected chi connectivity index (χ1v) is 4.80. The third-order valence-electron chi connectivity index (χ3n) is 2.10. The minimum Gasteiger partial charge on any atom is -0.275 e. The molecule has 0 N–H and O–H groups in total. The highest BCUT2D eigenvalue weighted by Gasteiger charge is 2.30. The number of nitrogens with zero attached hydrogens (tertiary/aromatic N) is 2. The van der Waals surface area contributed by atoms with Crippen molar-refractivity contribution in [2.24, 2.45) is 0 Å². The molecule has 0 saturated carbocycles. The van der Waals surface area contributed by atoms with Crippen LogP contribution in [0, 0.1) is 0 Å². The molecule has 4 amide bonds. The number of rotatable bonds is 2. The topological polar surface area (TPSA) is 74.8 Å². The first-order valence-electron chi connectivity index (χ1n) is 4.80. The number of hydrogen-bond acceptors (Lipinski definition) is 4. The van der Waals surface area contributed by atoms with Crippen molar-refractivity contribution < 1.29 is 19.2 Å². The number of hydrogen-bond donors (Lipinski definition) is 0. The van der Waals surface area contributed by atoms with Crippen LogP contribution in [-0.2, 0) is 19.2 Å². The maximum Gasteiger partial charge on any atom is 0.227 e. The van der Waals surface area contributed by atoms with Crippen LogP contribution in [0.4, 0.5) is 0 Å². The van der Waals surface area contributed by atoms with Crippen LogP contribution in [-0.4, -0.2) is 39.6 Å². The number of amides is 4. The zero-order valence-corrected chi connectivity index (χ0v) is 10.1. The first kappa shape index (κ1) is 14.3. The second-order valence-corrected chi connectivity index (χ2v) is 3.45. The highest BCUT2D eigenvalue weighted by molar-refractivity contribution is 5.97. The summed E-state index contributed by atoms with van der Waals surface area (Å²) in [6, 6.07) is 0. The molecule has 0 aliphatic rings. The van der Waals surface area contributed by atoms with Crippen LogP contribution in [0.5, 0.6) is 0 Å². The van der Waals surface area contributed by atoms with Crippen molar-refractivity contribution in [1.82, 2.24) is 9.80 Å². The van der Waals surface area contributed by atoms with Gasteiger partial charge < -0.3 is 0 Å². The lowest BCUT2D eigenvalue weighted by molar-refractivity contribution is -0.157. The molecule has 6 heteroatoms. The maximum atomic E-state index is 11.2. The molecular weight excluding hydrogens is 212 g/mol. The van der Waals surface area contributed by atoms with Gasteiger partial charge in [-0.25, -0.2) is 0 Å². The molecule has 0 aromatic carbocycles. The fraction of sp³-hybridized carbons (Fsp3) is 0.600. The monoisotopic (exact) mass is 228 g/mol. The predicted molar refractivity (Wildman–Crippen MR) is 55.9 cm³/mol. The van der Waals surface area contributed by atoms with Crippen LogP contribution in [0.15, 0.2) is 0 Å². The van der Waals surface area contributed by atoms with E-state index in [2.05, 4.69) is 0 Å². The minimum absolute atomic E-state index is 0.507. The standard InChI is InChI=1S/C10H16N2O4/c1-6(11(7(2)13)8(3)14)12(9(4)15)10(5)16/h6H,1-5H3. The van der Waals surface area contributed by atoms with Gasteiger partial charge in [0.15, 0.2) is 0 Å². The molecule has 0 spiro atoms. The van der Waals surface area contributed by atoms with Gasteiger partial charge in [0.05, 0.1) is 0 Å². The molecule has 0 aliphatic carbocycles. The molecule has 0 fully saturated rings. The molecule has 0 rings (SSSR count). The summed E-state index contributed by atoms with van der Waals surface area (Å²) in [5.41, 5.74) is 0. The van der Waals surface area contributed by atoms with Gasteiger partial charge in [0.1, 0.15) is 6.17 Å². The van der Waals surface area contributed by atoms with E-state index in [1.807, 2.05) is 0 Å². The van der Waals surface area contributed by atoms with Crippen LogP contribution in [0.2, 0.25) is 0 Å². The fourth-order valence-electron chi connectivity index (χ4n) is 1.61. The number of imide groups is 2. The molecule has 0 unspecified atom stereocenters. The van der Waals surface area contributed by atoms with E-state index in [-0.39, 0.29) is 0 Å². The Hall–Kier alpha value is -1.72. The summed E-state index contributed by atoms with van der Waals surface area (Å²) < 4.78 is 0. The normalized spacial score (nSPS) is 9.88. The molecule has 0 bridgehead atoms. The van der Waals surface area contributed by atoms with Crippen molar-refractivity contribution in [3.8, 4) is 0 Å². The van der Waals surface area contributed by atoms with Crippen LogP contribution < -0.4 is 0 Å². The lowest BCUT2D eigenvalue weighted by Crippen LogP contribution is -2.53. The van der Waals surface area contributed by atoms with Gasteiger partial charge in [-0.05, 0) is 6.92 Å². The molecule has 90 valence electrons. The van der Waals surface area contributed by atoms with Crippen molar-refractivity contribution >= 4 is 23.6 Å². The van der Waals surface area contributed by atoms with E-state index < -0.39 is 29.8 Å². The summed E-state index contributed by atoms with van der Waals surface area (Å²) in [7, 11) is 0. The SMILES string of the molecule is CC(=O)N(C(C)=O)C(C)N(C(C)=O)C(C)=O. The van der Waals surface area contributed by atoms with Gasteiger partial charge in [-0.3, -0.25) is 29.0 Å². The molecule has 0 radical (unpaired) electrons. The molecule has 0 saturated heterocycles. The molecule has 6 nitrogen and oxygen atoms in total. The smallest absolute Gasteiger partial charge is 0.227 e. The Morgan fingerprint density at radius 1 is 0.688 bits per heavy atom. The Kier molecular flexibility index (Phi) is 4.81. The molecule has 0 aliphatic heterocycles. The zero-order chi connectivity index (χ0) is 13.0. The van der Waals surface area contributed by atoms with Crippen molar-refractivity contribution in [1.29, 1.82) is 0 Å². The maximum absolute atomic E-state index is 11.2. The van der Waals surface area contributed by atoms with Crippen LogP contribution in [0.3, 0.4) is 0 Å². The Labute approximate surface area is 94.2 Å². The minimum atomic E-state index is -0.898. The zero-order valence-electron chi connectivity index (χ0n) is 10.1. The van der Waals surface area contributed by atoms with Crippen molar-refractivity contribution in [3.63, 3.8) is 0 Å². The molecule has 16 heavy (non-hydrogen) atoms. The quantitative estimate of drug-likeness (QED) is 0.629. The molecular formula is C10H16N2O4. The van der Waals surface area contributed by atoms with Gasteiger partial charge in [0.2, 0.25) is 23.6 Å². The Morgan fingerprint density at radius 2 is 0.875 bits per heavy atom. The van der Waals surface area contributed by atoms with Gasteiger partial charge in [0.25, 0.3) is 0 Å². The summed E-state index contributed by atoms with van der Waals surface area (Å²) >= 11 is 0. The second-order valence-electron chi connectivity index (χ2n) is 3.45. The van der Waals surface area contributed by atoms with E-state index in [4.69, 9.17) is 0 Å². The van der Waals surface area contributed by atoms with Crippen molar-refractivity contribution in [3.05, 3.63) is 0 Å². The third kappa shape index (κ3) is 3.15. The predicted octanol–water partition coefficient (Wildman–Crippen LogP) is 0.122. The van der Waals surface area contributed by atoms with Gasteiger partial charge in [-0.2, -0.15) is 0 Å². The Bertz CT molecular complexity index is 278. The van der Waals surface area contributed by atoms with Gasteiger partial charge in [0, 0.05) is 27.7 Å². The van der Waals surface area contributed by atoms with Crippen LogP contribution >= 0.6 is 0 Å². The average Bonchev–Trinajstić information content (AvgIpc) is 1.99. The van der Waals surface area contributed by atoms with Crippen LogP contribution in [0.1, 0.15) is 34.6 Å². The molecule has 0 aromatic heterocycles. The number of carbonyl (C=O) groups excluding carboxylic acids is 4. The first-order chi connectivity index (χ1) is 7.20. The summed E-state index contributed by atoms with van der Waals surface area (Å²) in [6.07, 6.45) is -0.898. The molecule has 0 atom stereocenters. The van der Waals surface area contributed by atoms with E-state index in [9.17, 15) is 19.2 Å². The third-order valence-corrected chi connectivity index (χ3v) is 2.10. The molecule has 0 aromatic rings. The van der Waals surface area contributed by atoms with E-state index in [1.54, 1.807) is 0 Å². The highest BCUT2D eigenvalue weighted by Crippen LogP contribution is 2.08. The fourth-order valence-corrected chi connectivity index (χ4v) is 1.61. The lowest BCUT2D eigenvalue weighted by atomic mass is 10.3. The average molecular weight is 228 g/mol. The van der Waals surface area contributed by atoms with Crippen molar-refractivity contribution in [2.45, 2.75) is 40.8 Å². The lowest BCUT2D eigenvalue weighted by Gasteiger charge is -2.32. The second kappa shape index (κ2) is 5.39. The Balaban J connectivity index is 5.18. The van der Waals surface area contributed by atoms with Gasteiger partial charge in [-0.15, -0.1) is 0 Å². The summed E-state index contributed by atoms with van der Waals surface area (Å²) in [5.74, 6) is -2.03. The van der Waals surface area contributed by atoms with Gasteiger partial charge >= 0.3 is 0 Å². The number of carbonyl (C=O) groups is 4. The van der Waals surface area contributed by atoms with E-state index >= 15 is 0 Å². The van der Waals surface area contributed by atoms with E-state index in [1.165, 1.54) is 34.6 Å². The highest BCUT2D eigenvalue weighted by atomic mass is 16.2. The van der Waals surface area contributed by atoms with Gasteiger partial charge in [-0.1, -0.05) is 0 Å². The molecule has 0 heterocycles. The van der Waals surface area contributed by atoms with Crippen molar-refractivity contribution in [2.75, 3.05) is 0 Å². The van der Waals surface area contributed by atoms with E-state index in [0.717, 1.165) is 9.80 Å². The van der Waals surface area contributed by atoms with Crippen LogP contribution in [0.25, 0.3) is 0 Å².